The largest absolute Gasteiger partial charge is 0.495 e. The molecule has 7 heteroatoms. The third-order valence-corrected chi connectivity index (χ3v) is 5.11. The highest BCUT2D eigenvalue weighted by molar-refractivity contribution is 7.89. The highest BCUT2D eigenvalue weighted by atomic mass is 32.2. The van der Waals surface area contributed by atoms with Crippen molar-refractivity contribution in [2.24, 2.45) is 5.14 Å². The van der Waals surface area contributed by atoms with Crippen molar-refractivity contribution in [3.05, 3.63) is 58.9 Å². The van der Waals surface area contributed by atoms with Crippen LogP contribution in [-0.2, 0) is 29.5 Å². The first kappa shape index (κ1) is 16.9. The molecule has 0 saturated heterocycles. The minimum Gasteiger partial charge on any atom is -0.495 e. The Morgan fingerprint density at radius 1 is 1.25 bits per heavy atom. The topological polar surface area (TPSA) is 72.6 Å². The molecule has 0 aromatic heterocycles. The summed E-state index contributed by atoms with van der Waals surface area (Å²) in [6.07, 6.45) is 0.706. The van der Waals surface area contributed by atoms with Crippen LogP contribution in [0.2, 0.25) is 0 Å². The van der Waals surface area contributed by atoms with Crippen molar-refractivity contribution in [3.8, 4) is 5.75 Å². The van der Waals surface area contributed by atoms with Gasteiger partial charge in [-0.05, 0) is 47.4 Å². The van der Waals surface area contributed by atoms with Crippen LogP contribution in [0.4, 0.5) is 4.39 Å². The van der Waals surface area contributed by atoms with E-state index >= 15 is 0 Å². The molecule has 0 spiro atoms. The standard InChI is InChI=1S/C17H19FN2O3S/c1-23-16-8-14-11-20(10-12-3-2-4-15(18)7-12)6-5-13(14)9-17(16)24(19,21)22/h2-4,7-9H,5-6,10-11H2,1H3,(H2,19,21,22). The van der Waals surface area contributed by atoms with Crippen molar-refractivity contribution in [2.45, 2.75) is 24.4 Å². The molecule has 2 aromatic rings. The van der Waals surface area contributed by atoms with E-state index in [0.717, 1.165) is 23.2 Å². The molecule has 1 aliphatic rings. The summed E-state index contributed by atoms with van der Waals surface area (Å²) in [7, 11) is -2.41. The van der Waals surface area contributed by atoms with Crippen molar-refractivity contribution in [3.63, 3.8) is 0 Å². The number of nitrogens with zero attached hydrogens (tertiary/aromatic N) is 1. The molecule has 2 N–H and O–H groups in total. The van der Waals surface area contributed by atoms with E-state index in [4.69, 9.17) is 9.88 Å². The smallest absolute Gasteiger partial charge is 0.241 e. The minimum absolute atomic E-state index is 0.0160. The summed E-state index contributed by atoms with van der Waals surface area (Å²) in [5.41, 5.74) is 2.86. The van der Waals surface area contributed by atoms with Crippen LogP contribution in [0.1, 0.15) is 16.7 Å². The van der Waals surface area contributed by atoms with E-state index in [1.165, 1.54) is 19.2 Å². The molecule has 0 aliphatic carbocycles. The van der Waals surface area contributed by atoms with E-state index in [0.29, 0.717) is 19.5 Å². The first-order chi connectivity index (χ1) is 11.4. The third kappa shape index (κ3) is 3.58. The number of ether oxygens (including phenoxy) is 1. The highest BCUT2D eigenvalue weighted by Gasteiger charge is 2.23. The van der Waals surface area contributed by atoms with Gasteiger partial charge in [0.2, 0.25) is 10.0 Å². The Kier molecular flexibility index (Phi) is 4.58. The molecule has 0 saturated carbocycles. The van der Waals surface area contributed by atoms with Gasteiger partial charge in [-0.1, -0.05) is 12.1 Å². The normalized spacial score (nSPS) is 15.1. The van der Waals surface area contributed by atoms with Crippen LogP contribution in [-0.4, -0.2) is 27.0 Å². The molecule has 24 heavy (non-hydrogen) atoms. The fraction of sp³-hybridized carbons (Fsp3) is 0.294. The Morgan fingerprint density at radius 2 is 2.04 bits per heavy atom. The zero-order valence-corrected chi connectivity index (χ0v) is 14.1. The number of primary sulfonamides is 1. The Bertz CT molecular complexity index is 868. The molecule has 1 heterocycles. The van der Waals surface area contributed by atoms with Gasteiger partial charge in [0.05, 0.1) is 7.11 Å². The maximum Gasteiger partial charge on any atom is 0.241 e. The number of nitrogens with two attached hydrogens (primary N) is 1. The quantitative estimate of drug-likeness (QED) is 0.916. The summed E-state index contributed by atoms with van der Waals surface area (Å²) in [6, 6.07) is 9.87. The zero-order chi connectivity index (χ0) is 17.3. The summed E-state index contributed by atoms with van der Waals surface area (Å²) in [5.74, 6) is 0.00762. The van der Waals surface area contributed by atoms with Crippen LogP contribution in [0.25, 0.3) is 0 Å². The van der Waals surface area contributed by atoms with Crippen LogP contribution in [0.3, 0.4) is 0 Å². The number of benzene rings is 2. The van der Waals surface area contributed by atoms with Crippen molar-refractivity contribution in [2.75, 3.05) is 13.7 Å². The van der Waals surface area contributed by atoms with Crippen LogP contribution in [0.15, 0.2) is 41.3 Å². The van der Waals surface area contributed by atoms with Crippen molar-refractivity contribution in [1.82, 2.24) is 4.90 Å². The number of hydrogen-bond acceptors (Lipinski definition) is 4. The fourth-order valence-corrected chi connectivity index (χ4v) is 3.76. The molecule has 0 amide bonds. The highest BCUT2D eigenvalue weighted by Crippen LogP contribution is 2.30. The molecule has 0 radical (unpaired) electrons. The molecule has 128 valence electrons. The summed E-state index contributed by atoms with van der Waals surface area (Å²) in [4.78, 5) is 2.20. The van der Waals surface area contributed by atoms with E-state index in [1.54, 1.807) is 18.2 Å². The number of hydrogen-bond donors (Lipinski definition) is 1. The minimum atomic E-state index is -3.83. The number of fused-ring (bicyclic) bond motifs is 1. The van der Waals surface area contributed by atoms with Crippen LogP contribution in [0.5, 0.6) is 5.75 Å². The predicted molar refractivity (Wildman–Crippen MR) is 88.6 cm³/mol. The Labute approximate surface area is 140 Å². The van der Waals surface area contributed by atoms with Gasteiger partial charge in [-0.25, -0.2) is 17.9 Å². The van der Waals surface area contributed by atoms with Gasteiger partial charge in [-0.3, -0.25) is 4.90 Å². The van der Waals surface area contributed by atoms with Crippen LogP contribution < -0.4 is 9.88 Å². The average Bonchev–Trinajstić information content (AvgIpc) is 2.52. The SMILES string of the molecule is COc1cc2c(cc1S(N)(=O)=O)CCN(Cc1cccc(F)c1)C2. The van der Waals surface area contributed by atoms with Gasteiger partial charge in [0.25, 0.3) is 0 Å². The van der Waals surface area contributed by atoms with Crippen LogP contribution >= 0.6 is 0 Å². The zero-order valence-electron chi connectivity index (χ0n) is 13.3. The van der Waals surface area contributed by atoms with Crippen molar-refractivity contribution >= 4 is 10.0 Å². The lowest BCUT2D eigenvalue weighted by atomic mass is 9.99. The van der Waals surface area contributed by atoms with Crippen molar-refractivity contribution < 1.29 is 17.5 Å². The first-order valence-corrected chi connectivity index (χ1v) is 9.11. The molecular weight excluding hydrogens is 331 g/mol. The van der Waals surface area contributed by atoms with Crippen molar-refractivity contribution in [1.29, 1.82) is 0 Å². The summed E-state index contributed by atoms with van der Waals surface area (Å²) in [5, 5.41) is 5.26. The van der Waals surface area contributed by atoms with E-state index in [1.807, 2.05) is 6.07 Å². The second-order valence-corrected chi connectivity index (χ2v) is 7.44. The molecule has 0 bridgehead atoms. The predicted octanol–water partition coefficient (Wildman–Crippen LogP) is 2.04. The van der Waals surface area contributed by atoms with Gasteiger partial charge in [0.1, 0.15) is 16.5 Å². The third-order valence-electron chi connectivity index (χ3n) is 4.18. The van der Waals surface area contributed by atoms with Gasteiger partial charge in [-0.15, -0.1) is 0 Å². The summed E-state index contributed by atoms with van der Waals surface area (Å²) in [6.45, 7) is 2.05. The van der Waals surface area contributed by atoms with Gasteiger partial charge in [-0.2, -0.15) is 0 Å². The first-order valence-electron chi connectivity index (χ1n) is 7.56. The molecule has 5 nitrogen and oxygen atoms in total. The molecule has 0 atom stereocenters. The average molecular weight is 350 g/mol. The maximum atomic E-state index is 13.3. The van der Waals surface area contributed by atoms with Gasteiger partial charge in [0, 0.05) is 19.6 Å². The lowest BCUT2D eigenvalue weighted by Gasteiger charge is -2.29. The van der Waals surface area contributed by atoms with Crippen LogP contribution in [0, 0.1) is 5.82 Å². The van der Waals surface area contributed by atoms with E-state index in [2.05, 4.69) is 4.90 Å². The number of rotatable bonds is 4. The van der Waals surface area contributed by atoms with E-state index in [-0.39, 0.29) is 16.5 Å². The molecule has 3 rings (SSSR count). The Balaban J connectivity index is 1.85. The molecule has 2 aromatic carbocycles. The summed E-state index contributed by atoms with van der Waals surface area (Å²) < 4.78 is 41.9. The molecule has 0 unspecified atom stereocenters. The second kappa shape index (κ2) is 6.51. The monoisotopic (exact) mass is 350 g/mol. The molecule has 0 fully saturated rings. The summed E-state index contributed by atoms with van der Waals surface area (Å²) >= 11 is 0. The Morgan fingerprint density at radius 3 is 2.71 bits per heavy atom. The number of methoxy groups -OCH3 is 1. The van der Waals surface area contributed by atoms with Gasteiger partial charge < -0.3 is 4.74 Å². The molecular formula is C17H19FN2O3S. The maximum absolute atomic E-state index is 13.3. The Hall–Kier alpha value is -1.96. The fourth-order valence-electron chi connectivity index (χ4n) is 3.03. The number of sulfonamides is 1. The van der Waals surface area contributed by atoms with E-state index in [9.17, 15) is 12.8 Å². The lowest BCUT2D eigenvalue weighted by molar-refractivity contribution is 0.244. The number of halogens is 1. The molecule has 1 aliphatic heterocycles. The second-order valence-electron chi connectivity index (χ2n) is 5.91. The van der Waals surface area contributed by atoms with Gasteiger partial charge >= 0.3 is 0 Å². The van der Waals surface area contributed by atoms with E-state index < -0.39 is 10.0 Å². The van der Waals surface area contributed by atoms with Gasteiger partial charge in [0.15, 0.2) is 0 Å². The lowest BCUT2D eigenvalue weighted by Crippen LogP contribution is -2.30.